The third kappa shape index (κ3) is 2.81. The van der Waals surface area contributed by atoms with Crippen molar-refractivity contribution in [3.8, 4) is 0 Å². The summed E-state index contributed by atoms with van der Waals surface area (Å²) >= 11 is 0. The molecule has 2 rings (SSSR count). The maximum Gasteiger partial charge on any atom is 0.215 e. The quantitative estimate of drug-likeness (QED) is 0.708. The summed E-state index contributed by atoms with van der Waals surface area (Å²) in [5, 5.41) is 2.77. The highest BCUT2D eigenvalue weighted by molar-refractivity contribution is 7.90. The van der Waals surface area contributed by atoms with E-state index in [4.69, 9.17) is 0 Å². The van der Waals surface area contributed by atoms with Crippen LogP contribution < -0.4 is 10.0 Å². The van der Waals surface area contributed by atoms with Crippen LogP contribution in [-0.4, -0.2) is 42.9 Å². The molecule has 0 bridgehead atoms. The lowest BCUT2D eigenvalue weighted by Gasteiger charge is -2.11. The molecule has 0 saturated carbocycles. The minimum absolute atomic E-state index is 0.282. The second-order valence-corrected chi connectivity index (χ2v) is 5.90. The van der Waals surface area contributed by atoms with Crippen molar-refractivity contribution < 1.29 is 8.42 Å². The maximum absolute atomic E-state index is 11.8. The minimum atomic E-state index is -3.16. The molecule has 1 atom stereocenters. The lowest BCUT2D eigenvalue weighted by atomic mass is 10.4. The average molecular weight is 244 g/mol. The van der Waals surface area contributed by atoms with Gasteiger partial charge in [0.25, 0.3) is 0 Å². The molecule has 90 valence electrons. The van der Waals surface area contributed by atoms with Gasteiger partial charge < -0.3 is 9.88 Å². The van der Waals surface area contributed by atoms with Crippen molar-refractivity contribution in [2.45, 2.75) is 18.2 Å². The number of nitrogens with one attached hydrogen (secondary N) is 2. The second-order valence-electron chi connectivity index (χ2n) is 3.85. The van der Waals surface area contributed by atoms with Crippen molar-refractivity contribution in [3.63, 3.8) is 0 Å². The van der Waals surface area contributed by atoms with Gasteiger partial charge in [-0.1, -0.05) is 0 Å². The Morgan fingerprint density at radius 2 is 2.44 bits per heavy atom. The fraction of sp³-hybridized carbons (Fsp3) is 0.667. The van der Waals surface area contributed by atoms with Crippen molar-refractivity contribution in [1.82, 2.24) is 19.6 Å². The van der Waals surface area contributed by atoms with Crippen LogP contribution in [0.3, 0.4) is 0 Å². The van der Waals surface area contributed by atoms with Crippen molar-refractivity contribution in [3.05, 3.63) is 18.7 Å². The molecule has 1 aromatic rings. The highest BCUT2D eigenvalue weighted by Crippen LogP contribution is 2.07. The number of sulfonamides is 1. The molecule has 1 fully saturated rings. The Bertz CT molecular complexity index is 409. The van der Waals surface area contributed by atoms with E-state index in [9.17, 15) is 8.42 Å². The molecule has 0 amide bonds. The SMILES string of the molecule is O=S(=O)(NCCn1ccnc1)C1CCNC1. The zero-order chi connectivity index (χ0) is 11.4. The van der Waals surface area contributed by atoms with Crippen LogP contribution in [-0.2, 0) is 16.6 Å². The summed E-state index contributed by atoms with van der Waals surface area (Å²) in [6.45, 7) is 2.36. The van der Waals surface area contributed by atoms with Crippen LogP contribution in [0.5, 0.6) is 0 Å². The molecule has 1 unspecified atom stereocenters. The van der Waals surface area contributed by atoms with E-state index in [2.05, 4.69) is 15.0 Å². The number of nitrogens with zero attached hydrogens (tertiary/aromatic N) is 2. The molecule has 2 N–H and O–H groups in total. The number of aromatic nitrogens is 2. The topological polar surface area (TPSA) is 76.0 Å². The van der Waals surface area contributed by atoms with E-state index in [1.165, 1.54) is 0 Å². The monoisotopic (exact) mass is 244 g/mol. The summed E-state index contributed by atoms with van der Waals surface area (Å²) in [7, 11) is -3.16. The molecule has 1 aliphatic rings. The highest BCUT2D eigenvalue weighted by atomic mass is 32.2. The molecule has 2 heterocycles. The Morgan fingerprint density at radius 3 is 3.06 bits per heavy atom. The van der Waals surface area contributed by atoms with E-state index < -0.39 is 10.0 Å². The molecular formula is C9H16N4O2S. The number of hydrogen-bond donors (Lipinski definition) is 2. The lowest BCUT2D eigenvalue weighted by molar-refractivity contribution is 0.560. The molecule has 1 aromatic heterocycles. The first-order valence-corrected chi connectivity index (χ1v) is 6.88. The highest BCUT2D eigenvalue weighted by Gasteiger charge is 2.27. The van der Waals surface area contributed by atoms with Gasteiger partial charge in [0.1, 0.15) is 0 Å². The molecule has 0 radical (unpaired) electrons. The Labute approximate surface area is 95.1 Å². The summed E-state index contributed by atoms with van der Waals surface area (Å²) in [4.78, 5) is 3.89. The van der Waals surface area contributed by atoms with Gasteiger partial charge in [-0.25, -0.2) is 18.1 Å². The van der Waals surface area contributed by atoms with Crippen LogP contribution in [0.1, 0.15) is 6.42 Å². The van der Waals surface area contributed by atoms with Crippen LogP contribution in [0.4, 0.5) is 0 Å². The van der Waals surface area contributed by atoms with Gasteiger partial charge in [-0.3, -0.25) is 0 Å². The molecule has 7 heteroatoms. The van der Waals surface area contributed by atoms with E-state index in [-0.39, 0.29) is 5.25 Å². The molecule has 1 aliphatic heterocycles. The first-order chi connectivity index (χ1) is 7.68. The van der Waals surface area contributed by atoms with Gasteiger partial charge in [0.05, 0.1) is 11.6 Å². The van der Waals surface area contributed by atoms with Crippen LogP contribution >= 0.6 is 0 Å². The molecular weight excluding hydrogens is 228 g/mol. The van der Waals surface area contributed by atoms with Gasteiger partial charge in [0, 0.05) is 32.0 Å². The predicted molar refractivity (Wildman–Crippen MR) is 60.4 cm³/mol. The molecule has 0 spiro atoms. The Kier molecular flexibility index (Phi) is 3.57. The maximum atomic E-state index is 11.8. The van der Waals surface area contributed by atoms with Gasteiger partial charge in [0.2, 0.25) is 10.0 Å². The molecule has 0 aliphatic carbocycles. The lowest BCUT2D eigenvalue weighted by Crippen LogP contribution is -2.37. The zero-order valence-corrected chi connectivity index (χ0v) is 9.78. The average Bonchev–Trinajstić information content (AvgIpc) is 2.90. The molecule has 1 saturated heterocycles. The Balaban J connectivity index is 1.80. The third-order valence-electron chi connectivity index (χ3n) is 2.69. The van der Waals surface area contributed by atoms with Crippen molar-refractivity contribution >= 4 is 10.0 Å². The smallest absolute Gasteiger partial charge is 0.215 e. The van der Waals surface area contributed by atoms with Gasteiger partial charge in [0.15, 0.2) is 0 Å². The number of imidazole rings is 1. The summed E-state index contributed by atoms with van der Waals surface area (Å²) in [5.74, 6) is 0. The van der Waals surface area contributed by atoms with Gasteiger partial charge in [-0.15, -0.1) is 0 Å². The van der Waals surface area contributed by atoms with E-state index >= 15 is 0 Å². The van der Waals surface area contributed by atoms with Crippen molar-refractivity contribution in [2.24, 2.45) is 0 Å². The van der Waals surface area contributed by atoms with E-state index in [1.54, 1.807) is 12.5 Å². The summed E-state index contributed by atoms with van der Waals surface area (Å²) in [5.41, 5.74) is 0. The third-order valence-corrected chi connectivity index (χ3v) is 4.57. The summed E-state index contributed by atoms with van der Waals surface area (Å²) in [6, 6.07) is 0. The Hall–Kier alpha value is -0.920. The fourth-order valence-electron chi connectivity index (χ4n) is 1.75. The van der Waals surface area contributed by atoms with Crippen LogP contribution in [0, 0.1) is 0 Å². The second kappa shape index (κ2) is 4.94. The van der Waals surface area contributed by atoms with Gasteiger partial charge in [-0.05, 0) is 13.0 Å². The minimum Gasteiger partial charge on any atom is -0.336 e. The van der Waals surface area contributed by atoms with E-state index in [0.29, 0.717) is 26.1 Å². The zero-order valence-electron chi connectivity index (χ0n) is 8.96. The van der Waals surface area contributed by atoms with Crippen LogP contribution in [0.25, 0.3) is 0 Å². The Morgan fingerprint density at radius 1 is 1.56 bits per heavy atom. The largest absolute Gasteiger partial charge is 0.336 e. The van der Waals surface area contributed by atoms with E-state index in [0.717, 1.165) is 6.54 Å². The predicted octanol–water partition coefficient (Wildman–Crippen LogP) is -0.836. The van der Waals surface area contributed by atoms with E-state index in [1.807, 2.05) is 10.8 Å². The van der Waals surface area contributed by atoms with Crippen LogP contribution in [0.15, 0.2) is 18.7 Å². The summed E-state index contributed by atoms with van der Waals surface area (Å²) < 4.78 is 28.0. The number of hydrogen-bond acceptors (Lipinski definition) is 4. The molecule has 6 nitrogen and oxygen atoms in total. The van der Waals surface area contributed by atoms with Crippen LogP contribution in [0.2, 0.25) is 0 Å². The standard InChI is InChI=1S/C9H16N4O2S/c14-16(15,9-1-2-10-7-9)12-4-6-13-5-3-11-8-13/h3,5,8-10,12H,1-2,4,6-7H2. The van der Waals surface area contributed by atoms with Crippen molar-refractivity contribution in [2.75, 3.05) is 19.6 Å². The fourth-order valence-corrected chi connectivity index (χ4v) is 3.12. The normalized spacial score (nSPS) is 21.4. The van der Waals surface area contributed by atoms with Crippen molar-refractivity contribution in [1.29, 1.82) is 0 Å². The summed E-state index contributed by atoms with van der Waals surface area (Å²) in [6.07, 6.45) is 5.85. The molecule has 0 aromatic carbocycles. The first kappa shape index (κ1) is 11.6. The van der Waals surface area contributed by atoms with Gasteiger partial charge >= 0.3 is 0 Å². The van der Waals surface area contributed by atoms with Gasteiger partial charge in [-0.2, -0.15) is 0 Å². The molecule has 16 heavy (non-hydrogen) atoms. The first-order valence-electron chi connectivity index (χ1n) is 5.33. The number of rotatable bonds is 5.